The van der Waals surface area contributed by atoms with Crippen LogP contribution in [0.2, 0.25) is 0 Å². The third-order valence-corrected chi connectivity index (χ3v) is 5.77. The summed E-state index contributed by atoms with van der Waals surface area (Å²) in [6.45, 7) is 6.12. The van der Waals surface area contributed by atoms with Gasteiger partial charge in [-0.2, -0.15) is 5.10 Å². The molecule has 3 heterocycles. The largest absolute Gasteiger partial charge is 0.496 e. The number of carbonyl (C=O) groups excluding carboxylic acids is 1. The highest BCUT2D eigenvalue weighted by Crippen LogP contribution is 2.45. The van der Waals surface area contributed by atoms with Crippen LogP contribution in [0.5, 0.6) is 5.75 Å². The molecule has 2 aromatic rings. The lowest BCUT2D eigenvalue weighted by molar-refractivity contribution is -0.0947. The minimum Gasteiger partial charge on any atom is -0.496 e. The molecule has 0 bridgehead atoms. The molecule has 0 N–H and O–H groups in total. The maximum Gasteiger partial charge on any atom is 0.272 e. The number of hydrogen-bond donors (Lipinski definition) is 0. The average molecular weight is 369 g/mol. The van der Waals surface area contributed by atoms with Gasteiger partial charge >= 0.3 is 0 Å². The predicted molar refractivity (Wildman–Crippen MR) is 102 cm³/mol. The molecule has 2 aliphatic heterocycles. The molecule has 0 atom stereocenters. The number of nitrogens with zero attached hydrogens (tertiary/aromatic N) is 3. The number of ether oxygens (including phenoxy) is 2. The standard InChI is InChI=1S/C21H27N3O3/c1-15(2)24-17(7-11-22-24)20(25)23-12-9-21(10-13-23)19-16(8-14-27-21)5-4-6-18(19)26-3/h4-7,11,15H,8-10,12-14H2,1-3H3. The van der Waals surface area contributed by atoms with E-state index >= 15 is 0 Å². The van der Waals surface area contributed by atoms with Crippen molar-refractivity contribution in [2.24, 2.45) is 0 Å². The number of benzene rings is 1. The van der Waals surface area contributed by atoms with Gasteiger partial charge in [0.25, 0.3) is 5.91 Å². The van der Waals surface area contributed by atoms with E-state index in [9.17, 15) is 4.79 Å². The van der Waals surface area contributed by atoms with Gasteiger partial charge in [0.2, 0.25) is 0 Å². The van der Waals surface area contributed by atoms with Gasteiger partial charge in [-0.1, -0.05) is 12.1 Å². The van der Waals surface area contributed by atoms with Crippen molar-refractivity contribution < 1.29 is 14.3 Å². The Balaban J connectivity index is 1.57. The number of aromatic nitrogens is 2. The van der Waals surface area contributed by atoms with Crippen LogP contribution >= 0.6 is 0 Å². The van der Waals surface area contributed by atoms with Crippen molar-refractivity contribution in [2.75, 3.05) is 26.8 Å². The monoisotopic (exact) mass is 369 g/mol. The first-order valence-electron chi connectivity index (χ1n) is 9.69. The van der Waals surface area contributed by atoms with Crippen molar-refractivity contribution in [2.45, 2.75) is 44.8 Å². The number of hydrogen-bond acceptors (Lipinski definition) is 4. The van der Waals surface area contributed by atoms with E-state index in [2.05, 4.69) is 11.2 Å². The summed E-state index contributed by atoms with van der Waals surface area (Å²) in [4.78, 5) is 15.0. The molecule has 0 aliphatic carbocycles. The molecule has 1 spiro atoms. The summed E-state index contributed by atoms with van der Waals surface area (Å²) in [7, 11) is 1.71. The first-order valence-corrected chi connectivity index (χ1v) is 9.69. The van der Waals surface area contributed by atoms with Crippen LogP contribution in [0, 0.1) is 0 Å². The van der Waals surface area contributed by atoms with Crippen molar-refractivity contribution in [3.05, 3.63) is 47.3 Å². The van der Waals surface area contributed by atoms with Crippen molar-refractivity contribution in [3.63, 3.8) is 0 Å². The molecular weight excluding hydrogens is 342 g/mol. The zero-order chi connectivity index (χ0) is 19.0. The van der Waals surface area contributed by atoms with Crippen molar-refractivity contribution in [1.82, 2.24) is 14.7 Å². The normalized spacial score (nSPS) is 18.6. The summed E-state index contributed by atoms with van der Waals surface area (Å²) in [6, 6.07) is 8.19. The van der Waals surface area contributed by atoms with E-state index in [1.807, 2.05) is 36.9 Å². The Morgan fingerprint density at radius 3 is 2.74 bits per heavy atom. The van der Waals surface area contributed by atoms with Gasteiger partial charge in [-0.05, 0) is 50.8 Å². The van der Waals surface area contributed by atoms with Gasteiger partial charge in [0.1, 0.15) is 17.0 Å². The SMILES string of the molecule is COc1cccc2c1C1(CCN(C(=O)c3ccnn3C(C)C)CC1)OCC2. The summed E-state index contributed by atoms with van der Waals surface area (Å²) in [6.07, 6.45) is 4.17. The first-order chi connectivity index (χ1) is 13.1. The molecule has 1 aromatic carbocycles. The number of carbonyl (C=O) groups is 1. The van der Waals surface area contributed by atoms with Crippen molar-refractivity contribution in [1.29, 1.82) is 0 Å². The van der Waals surface area contributed by atoms with E-state index in [4.69, 9.17) is 9.47 Å². The molecule has 4 rings (SSSR count). The maximum absolute atomic E-state index is 13.0. The third-order valence-electron chi connectivity index (χ3n) is 5.77. The summed E-state index contributed by atoms with van der Waals surface area (Å²) in [5, 5.41) is 4.30. The van der Waals surface area contributed by atoms with Gasteiger partial charge < -0.3 is 14.4 Å². The lowest BCUT2D eigenvalue weighted by atomic mass is 9.78. The highest BCUT2D eigenvalue weighted by atomic mass is 16.5. The first kappa shape index (κ1) is 18.0. The van der Waals surface area contributed by atoms with Crippen LogP contribution in [0.15, 0.2) is 30.5 Å². The molecule has 0 radical (unpaired) electrons. The maximum atomic E-state index is 13.0. The minimum absolute atomic E-state index is 0.0482. The lowest BCUT2D eigenvalue weighted by Gasteiger charge is -2.45. The van der Waals surface area contributed by atoms with Crippen LogP contribution in [0.25, 0.3) is 0 Å². The molecular formula is C21H27N3O3. The Hall–Kier alpha value is -2.34. The molecule has 0 unspecified atom stereocenters. The predicted octanol–water partition coefficient (Wildman–Crippen LogP) is 3.18. The second-order valence-corrected chi connectivity index (χ2v) is 7.63. The van der Waals surface area contributed by atoms with Crippen LogP contribution in [-0.4, -0.2) is 47.4 Å². The molecule has 6 nitrogen and oxygen atoms in total. The van der Waals surface area contributed by atoms with Crippen LogP contribution in [0.1, 0.15) is 54.3 Å². The molecule has 1 aromatic heterocycles. The Labute approximate surface area is 160 Å². The van der Waals surface area contributed by atoms with Crippen molar-refractivity contribution >= 4 is 5.91 Å². The van der Waals surface area contributed by atoms with Gasteiger partial charge in [-0.25, -0.2) is 0 Å². The number of methoxy groups -OCH3 is 1. The Morgan fingerprint density at radius 1 is 1.26 bits per heavy atom. The van der Waals surface area contributed by atoms with E-state index in [0.717, 1.165) is 25.0 Å². The molecule has 144 valence electrons. The molecule has 1 saturated heterocycles. The minimum atomic E-state index is -0.352. The summed E-state index contributed by atoms with van der Waals surface area (Å²) >= 11 is 0. The quantitative estimate of drug-likeness (QED) is 0.834. The van der Waals surface area contributed by atoms with Crippen LogP contribution in [0.4, 0.5) is 0 Å². The molecule has 27 heavy (non-hydrogen) atoms. The molecule has 2 aliphatic rings. The van der Waals surface area contributed by atoms with Gasteiger partial charge in [0.15, 0.2) is 0 Å². The Bertz CT molecular complexity index is 821. The molecule has 1 amide bonds. The van der Waals surface area contributed by atoms with Gasteiger partial charge in [0, 0.05) is 30.9 Å². The second-order valence-electron chi connectivity index (χ2n) is 7.63. The number of likely N-dealkylation sites (tertiary alicyclic amines) is 1. The molecule has 0 saturated carbocycles. The number of piperidine rings is 1. The molecule has 1 fully saturated rings. The summed E-state index contributed by atoms with van der Waals surface area (Å²) in [5.41, 5.74) is 2.79. The zero-order valence-electron chi connectivity index (χ0n) is 16.3. The lowest BCUT2D eigenvalue weighted by Crippen LogP contribution is -2.48. The number of rotatable bonds is 3. The fourth-order valence-electron chi connectivity index (χ4n) is 4.42. The van der Waals surface area contributed by atoms with Gasteiger partial charge in [-0.15, -0.1) is 0 Å². The average Bonchev–Trinajstić information content (AvgIpc) is 3.18. The van der Waals surface area contributed by atoms with Crippen molar-refractivity contribution in [3.8, 4) is 5.75 Å². The topological polar surface area (TPSA) is 56.6 Å². The number of amides is 1. The summed E-state index contributed by atoms with van der Waals surface area (Å²) < 4.78 is 13.8. The highest BCUT2D eigenvalue weighted by Gasteiger charge is 2.44. The zero-order valence-corrected chi connectivity index (χ0v) is 16.3. The fourth-order valence-corrected chi connectivity index (χ4v) is 4.42. The second kappa shape index (κ2) is 7.00. The van der Waals surface area contributed by atoms with E-state index in [0.29, 0.717) is 25.4 Å². The smallest absolute Gasteiger partial charge is 0.272 e. The van der Waals surface area contributed by atoms with E-state index in [1.54, 1.807) is 18.0 Å². The highest BCUT2D eigenvalue weighted by molar-refractivity contribution is 5.92. The summed E-state index contributed by atoms with van der Waals surface area (Å²) in [5.74, 6) is 0.942. The van der Waals surface area contributed by atoms with Crippen LogP contribution in [0.3, 0.4) is 0 Å². The number of fused-ring (bicyclic) bond motifs is 2. The van der Waals surface area contributed by atoms with E-state index < -0.39 is 0 Å². The van der Waals surface area contributed by atoms with Gasteiger partial charge in [0.05, 0.1) is 13.7 Å². The molecule has 6 heteroatoms. The van der Waals surface area contributed by atoms with Gasteiger partial charge in [-0.3, -0.25) is 9.48 Å². The van der Waals surface area contributed by atoms with Crippen LogP contribution < -0.4 is 4.74 Å². The van der Waals surface area contributed by atoms with Crippen LogP contribution in [-0.2, 0) is 16.8 Å². The van der Waals surface area contributed by atoms with E-state index in [-0.39, 0.29) is 17.6 Å². The Morgan fingerprint density at radius 2 is 2.04 bits per heavy atom. The Kier molecular flexibility index (Phi) is 4.68. The van der Waals surface area contributed by atoms with E-state index in [1.165, 1.54) is 11.1 Å². The third kappa shape index (κ3) is 3.02. The fraction of sp³-hybridized carbons (Fsp3) is 0.524.